The molecule has 0 aromatic heterocycles. The lowest BCUT2D eigenvalue weighted by atomic mass is 9.98. The molecule has 0 saturated heterocycles. The van der Waals surface area contributed by atoms with Crippen LogP contribution >= 0.6 is 15.9 Å². The fraction of sp³-hybridized carbons (Fsp3) is 0.115. The molecule has 0 radical (unpaired) electrons. The van der Waals surface area contributed by atoms with Gasteiger partial charge in [0, 0.05) is 23.0 Å². The second-order valence-electron chi connectivity index (χ2n) is 7.59. The number of ether oxygens (including phenoxy) is 1. The topological polar surface area (TPSA) is 105 Å². The van der Waals surface area contributed by atoms with Gasteiger partial charge in [0.2, 0.25) is 0 Å². The second-order valence-corrected chi connectivity index (χ2v) is 8.51. The Balaban J connectivity index is 1.44. The van der Waals surface area contributed by atoms with Crippen molar-refractivity contribution in [2.75, 3.05) is 18.5 Å². The molecule has 2 amide bonds. The lowest BCUT2D eigenvalue weighted by Gasteiger charge is -2.16. The molecule has 8 heteroatoms. The number of benzene rings is 3. The number of aliphatic carboxylic acids is 1. The Bertz CT molecular complexity index is 1240. The van der Waals surface area contributed by atoms with Crippen molar-refractivity contribution < 1.29 is 24.2 Å². The molecule has 3 aromatic rings. The number of amides is 2. The molecule has 0 fully saturated rings. The Morgan fingerprint density at radius 2 is 1.62 bits per heavy atom. The van der Waals surface area contributed by atoms with Crippen LogP contribution in [0.4, 0.5) is 10.5 Å². The third-order valence-electron chi connectivity index (χ3n) is 5.45. The summed E-state index contributed by atoms with van der Waals surface area (Å²) in [6.45, 7) is 0.182. The molecule has 3 aromatic carbocycles. The van der Waals surface area contributed by atoms with Crippen LogP contribution in [0.5, 0.6) is 0 Å². The molecule has 0 saturated carbocycles. The Labute approximate surface area is 204 Å². The van der Waals surface area contributed by atoms with Gasteiger partial charge in [-0.1, -0.05) is 70.5 Å². The molecule has 3 N–H and O–H groups in total. The number of hydrogen-bond donors (Lipinski definition) is 3. The van der Waals surface area contributed by atoms with Gasteiger partial charge in [0.1, 0.15) is 6.61 Å². The van der Waals surface area contributed by atoms with Crippen LogP contribution in [0.25, 0.3) is 11.1 Å². The molecule has 7 nitrogen and oxygen atoms in total. The van der Waals surface area contributed by atoms with E-state index in [9.17, 15) is 14.4 Å². The van der Waals surface area contributed by atoms with E-state index in [2.05, 4.69) is 38.7 Å². The average molecular weight is 521 g/mol. The van der Waals surface area contributed by atoms with E-state index in [0.717, 1.165) is 28.3 Å². The monoisotopic (exact) mass is 520 g/mol. The molecule has 4 rings (SSSR count). The highest BCUT2D eigenvalue weighted by molar-refractivity contribution is 9.10. The third kappa shape index (κ3) is 5.18. The van der Waals surface area contributed by atoms with Crippen LogP contribution in [-0.2, 0) is 9.53 Å². The number of carboxylic acids is 1. The van der Waals surface area contributed by atoms with E-state index in [1.807, 2.05) is 36.4 Å². The number of carboxylic acid groups (broad SMARTS) is 1. The van der Waals surface area contributed by atoms with Gasteiger partial charge in [-0.05, 0) is 40.5 Å². The summed E-state index contributed by atoms with van der Waals surface area (Å²) >= 11 is 3.34. The van der Waals surface area contributed by atoms with E-state index in [1.54, 1.807) is 18.2 Å². The van der Waals surface area contributed by atoms with Crippen molar-refractivity contribution >= 4 is 39.6 Å². The molecule has 0 bridgehead atoms. The zero-order valence-corrected chi connectivity index (χ0v) is 19.5. The lowest BCUT2D eigenvalue weighted by Crippen LogP contribution is -2.26. The van der Waals surface area contributed by atoms with Crippen molar-refractivity contribution in [3.05, 3.63) is 100 Å². The minimum Gasteiger partial charge on any atom is -0.478 e. The van der Waals surface area contributed by atoms with E-state index in [1.165, 1.54) is 6.08 Å². The summed E-state index contributed by atoms with van der Waals surface area (Å²) in [6, 6.07) is 20.9. The quantitative estimate of drug-likeness (QED) is 0.372. The van der Waals surface area contributed by atoms with Crippen LogP contribution in [-0.4, -0.2) is 36.2 Å². The van der Waals surface area contributed by atoms with Crippen molar-refractivity contribution in [2.45, 2.75) is 5.92 Å². The van der Waals surface area contributed by atoms with Crippen LogP contribution < -0.4 is 10.6 Å². The predicted molar refractivity (Wildman–Crippen MR) is 132 cm³/mol. The van der Waals surface area contributed by atoms with Crippen LogP contribution in [0, 0.1) is 0 Å². The lowest BCUT2D eigenvalue weighted by molar-refractivity contribution is -0.131. The van der Waals surface area contributed by atoms with Crippen LogP contribution in [0.1, 0.15) is 27.4 Å². The van der Waals surface area contributed by atoms with E-state index < -0.39 is 18.0 Å². The first-order chi connectivity index (χ1) is 16.4. The van der Waals surface area contributed by atoms with E-state index in [4.69, 9.17) is 9.84 Å². The number of nitrogens with one attached hydrogen (secondary N) is 2. The summed E-state index contributed by atoms with van der Waals surface area (Å²) < 4.78 is 6.24. The average Bonchev–Trinajstić information content (AvgIpc) is 3.14. The van der Waals surface area contributed by atoms with Crippen molar-refractivity contribution in [3.8, 4) is 11.1 Å². The minimum atomic E-state index is -1.10. The standard InChI is InChI=1S/C26H21BrN2O5/c27-16-11-12-21(25(32)28-13-5-10-24(30)31)23(14-16)29-26(33)34-15-22-19-8-3-1-6-17(19)18-7-2-4-9-20(18)22/h1-12,14,22H,13,15H2,(H,28,32)(H,29,33)(H,30,31)/b10-5+. The summed E-state index contributed by atoms with van der Waals surface area (Å²) in [5, 5.41) is 13.9. The molecule has 1 aliphatic rings. The summed E-state index contributed by atoms with van der Waals surface area (Å²) in [5.41, 5.74) is 4.97. The molecule has 0 heterocycles. The Hall–Kier alpha value is -3.91. The maximum absolute atomic E-state index is 12.7. The first-order valence-electron chi connectivity index (χ1n) is 10.5. The van der Waals surface area contributed by atoms with Gasteiger partial charge in [-0.2, -0.15) is 0 Å². The van der Waals surface area contributed by atoms with Gasteiger partial charge < -0.3 is 15.2 Å². The summed E-state index contributed by atoms with van der Waals surface area (Å²) in [7, 11) is 0. The number of carbonyl (C=O) groups is 3. The maximum atomic E-state index is 12.7. The number of anilines is 1. The van der Waals surface area contributed by atoms with Crippen LogP contribution in [0.3, 0.4) is 0 Å². The molecule has 1 aliphatic carbocycles. The highest BCUT2D eigenvalue weighted by Gasteiger charge is 2.29. The Kier molecular flexibility index (Phi) is 7.08. The number of fused-ring (bicyclic) bond motifs is 3. The summed E-state index contributed by atoms with van der Waals surface area (Å²) in [5.74, 6) is -1.64. The van der Waals surface area contributed by atoms with Gasteiger partial charge in [-0.15, -0.1) is 0 Å². The summed E-state index contributed by atoms with van der Waals surface area (Å²) in [4.78, 5) is 35.8. The van der Waals surface area contributed by atoms with E-state index in [0.29, 0.717) is 4.47 Å². The van der Waals surface area contributed by atoms with Gasteiger partial charge in [0.25, 0.3) is 5.91 Å². The fourth-order valence-electron chi connectivity index (χ4n) is 3.97. The zero-order chi connectivity index (χ0) is 24.1. The third-order valence-corrected chi connectivity index (χ3v) is 5.94. The molecule has 0 spiro atoms. The Morgan fingerprint density at radius 3 is 2.26 bits per heavy atom. The van der Waals surface area contributed by atoms with Gasteiger partial charge in [0.15, 0.2) is 0 Å². The zero-order valence-electron chi connectivity index (χ0n) is 18.0. The summed E-state index contributed by atoms with van der Waals surface area (Å²) in [6.07, 6.45) is 1.58. The van der Waals surface area contributed by atoms with Gasteiger partial charge in [0.05, 0.1) is 11.3 Å². The number of halogens is 1. The number of carbonyl (C=O) groups excluding carboxylic acids is 2. The highest BCUT2D eigenvalue weighted by Crippen LogP contribution is 2.44. The molecule has 0 aliphatic heterocycles. The van der Waals surface area contributed by atoms with Crippen LogP contribution in [0.2, 0.25) is 0 Å². The highest BCUT2D eigenvalue weighted by atomic mass is 79.9. The number of rotatable bonds is 7. The normalized spacial score (nSPS) is 12.1. The molecule has 0 unspecified atom stereocenters. The van der Waals surface area contributed by atoms with Gasteiger partial charge >= 0.3 is 12.1 Å². The molecular formula is C26H21BrN2O5. The molecule has 172 valence electrons. The van der Waals surface area contributed by atoms with Gasteiger partial charge in [-0.3, -0.25) is 10.1 Å². The SMILES string of the molecule is O=C(O)/C=C/CNC(=O)c1ccc(Br)cc1NC(=O)OCC1c2ccccc2-c2ccccc21. The smallest absolute Gasteiger partial charge is 0.411 e. The first-order valence-corrected chi connectivity index (χ1v) is 11.3. The molecular weight excluding hydrogens is 500 g/mol. The molecule has 0 atom stereocenters. The van der Waals surface area contributed by atoms with Crippen LogP contribution in [0.15, 0.2) is 83.4 Å². The van der Waals surface area contributed by atoms with Crippen molar-refractivity contribution in [2.24, 2.45) is 0 Å². The fourth-order valence-corrected chi connectivity index (χ4v) is 4.33. The van der Waals surface area contributed by atoms with Gasteiger partial charge in [-0.25, -0.2) is 9.59 Å². The van der Waals surface area contributed by atoms with Crippen molar-refractivity contribution in [1.82, 2.24) is 5.32 Å². The largest absolute Gasteiger partial charge is 0.478 e. The maximum Gasteiger partial charge on any atom is 0.411 e. The van der Waals surface area contributed by atoms with Crippen molar-refractivity contribution in [1.29, 1.82) is 0 Å². The van der Waals surface area contributed by atoms with E-state index in [-0.39, 0.29) is 30.3 Å². The first kappa shape index (κ1) is 23.3. The van der Waals surface area contributed by atoms with Crippen molar-refractivity contribution in [3.63, 3.8) is 0 Å². The minimum absolute atomic E-state index is 0.0333. The Morgan fingerprint density at radius 1 is 0.971 bits per heavy atom. The number of hydrogen-bond acceptors (Lipinski definition) is 4. The van der Waals surface area contributed by atoms with E-state index >= 15 is 0 Å². The predicted octanol–water partition coefficient (Wildman–Crippen LogP) is 5.18. The molecule has 34 heavy (non-hydrogen) atoms. The second kappa shape index (κ2) is 10.4.